The van der Waals surface area contributed by atoms with Crippen LogP contribution in [0.4, 0.5) is 0 Å². The average molecular weight is 680 g/mol. The van der Waals surface area contributed by atoms with E-state index in [9.17, 15) is 20.1 Å². The number of nitrogens with one attached hydrogen (secondary N) is 1. The van der Waals surface area contributed by atoms with E-state index in [4.69, 9.17) is 0 Å². The minimum Gasteiger partial charge on any atom is -0.394 e. The molecule has 0 radical (unpaired) electrons. The molecular formula is C43H85NO4. The monoisotopic (exact) mass is 680 g/mol. The summed E-state index contributed by atoms with van der Waals surface area (Å²) < 4.78 is 0. The van der Waals surface area contributed by atoms with E-state index >= 15 is 0 Å². The van der Waals surface area contributed by atoms with Gasteiger partial charge in [0.1, 0.15) is 6.10 Å². The van der Waals surface area contributed by atoms with Crippen molar-refractivity contribution in [1.29, 1.82) is 0 Å². The van der Waals surface area contributed by atoms with Crippen molar-refractivity contribution < 1.29 is 20.1 Å². The summed E-state index contributed by atoms with van der Waals surface area (Å²) in [5, 5.41) is 33.0. The zero-order valence-electron chi connectivity index (χ0n) is 32.4. The largest absolute Gasteiger partial charge is 0.394 e. The smallest absolute Gasteiger partial charge is 0.249 e. The summed E-state index contributed by atoms with van der Waals surface area (Å²) >= 11 is 0. The SMILES string of the molecule is CCCCCCCCCC/C=C/C(O)C(CO)NC(=O)C(O)CCCCCCCCCCCCCCCCCCCCCCCCCC. The maximum atomic E-state index is 12.4. The van der Waals surface area contributed by atoms with Crippen LogP contribution in [0.15, 0.2) is 12.2 Å². The van der Waals surface area contributed by atoms with Gasteiger partial charge < -0.3 is 20.6 Å². The average Bonchev–Trinajstić information content (AvgIpc) is 3.09. The molecule has 48 heavy (non-hydrogen) atoms. The van der Waals surface area contributed by atoms with Gasteiger partial charge in [0.2, 0.25) is 5.91 Å². The number of rotatable bonds is 39. The fourth-order valence-electron chi connectivity index (χ4n) is 6.71. The van der Waals surface area contributed by atoms with Crippen molar-refractivity contribution in [3.63, 3.8) is 0 Å². The number of aliphatic hydroxyl groups is 3. The van der Waals surface area contributed by atoms with Gasteiger partial charge >= 0.3 is 0 Å². The normalized spacial score (nSPS) is 13.7. The Bertz CT molecular complexity index is 669. The van der Waals surface area contributed by atoms with Gasteiger partial charge in [-0.3, -0.25) is 4.79 Å². The van der Waals surface area contributed by atoms with Gasteiger partial charge in [0.15, 0.2) is 0 Å². The summed E-state index contributed by atoms with van der Waals surface area (Å²) in [6.45, 7) is 4.17. The van der Waals surface area contributed by atoms with Crippen LogP contribution >= 0.6 is 0 Å². The molecule has 0 rings (SSSR count). The van der Waals surface area contributed by atoms with Crippen LogP contribution in [0.5, 0.6) is 0 Å². The second-order valence-corrected chi connectivity index (χ2v) is 14.9. The van der Waals surface area contributed by atoms with Crippen LogP contribution in [0, 0.1) is 0 Å². The molecule has 286 valence electrons. The van der Waals surface area contributed by atoms with E-state index in [1.807, 2.05) is 6.08 Å². The van der Waals surface area contributed by atoms with Crippen LogP contribution in [0.25, 0.3) is 0 Å². The van der Waals surface area contributed by atoms with Crippen LogP contribution in [0.1, 0.15) is 232 Å². The van der Waals surface area contributed by atoms with Crippen LogP contribution < -0.4 is 5.32 Å². The van der Waals surface area contributed by atoms with Gasteiger partial charge in [-0.25, -0.2) is 0 Å². The molecule has 0 aromatic carbocycles. The molecule has 4 N–H and O–H groups in total. The van der Waals surface area contributed by atoms with Crippen molar-refractivity contribution >= 4 is 5.91 Å². The Balaban J connectivity index is 3.55. The quantitative estimate of drug-likeness (QED) is 0.0384. The zero-order valence-corrected chi connectivity index (χ0v) is 32.4. The Kier molecular flexibility index (Phi) is 38.1. The minimum atomic E-state index is -1.09. The van der Waals surface area contributed by atoms with E-state index in [2.05, 4.69) is 19.2 Å². The fourth-order valence-corrected chi connectivity index (χ4v) is 6.71. The van der Waals surface area contributed by atoms with E-state index in [1.165, 1.54) is 180 Å². The first-order chi connectivity index (χ1) is 23.6. The van der Waals surface area contributed by atoms with Crippen LogP contribution in [-0.2, 0) is 4.79 Å². The molecule has 1 amide bonds. The first-order valence-electron chi connectivity index (χ1n) is 21.5. The van der Waals surface area contributed by atoms with E-state index in [0.717, 1.165) is 32.1 Å². The molecule has 0 heterocycles. The molecule has 0 aromatic rings. The second-order valence-electron chi connectivity index (χ2n) is 14.9. The number of carbonyl (C=O) groups excluding carboxylic acids is 1. The predicted molar refractivity (Wildman–Crippen MR) is 208 cm³/mol. The Morgan fingerprint density at radius 1 is 0.500 bits per heavy atom. The summed E-state index contributed by atoms with van der Waals surface area (Å²) in [4.78, 5) is 12.4. The Morgan fingerprint density at radius 3 is 1.15 bits per heavy atom. The fraction of sp³-hybridized carbons (Fsp3) is 0.930. The van der Waals surface area contributed by atoms with Crippen molar-refractivity contribution in [2.45, 2.75) is 250 Å². The number of unbranched alkanes of at least 4 members (excludes halogenated alkanes) is 31. The Hall–Kier alpha value is -0.910. The molecule has 0 aliphatic rings. The van der Waals surface area contributed by atoms with Crippen LogP contribution in [0.3, 0.4) is 0 Å². The highest BCUT2D eigenvalue weighted by Crippen LogP contribution is 2.16. The van der Waals surface area contributed by atoms with Gasteiger partial charge in [-0.1, -0.05) is 225 Å². The van der Waals surface area contributed by atoms with Gasteiger partial charge in [-0.05, 0) is 19.3 Å². The molecule has 0 saturated carbocycles. The molecule has 0 aromatic heterocycles. The van der Waals surface area contributed by atoms with Crippen molar-refractivity contribution in [3.8, 4) is 0 Å². The maximum Gasteiger partial charge on any atom is 0.249 e. The molecule has 5 heteroatoms. The second kappa shape index (κ2) is 38.9. The molecule has 3 unspecified atom stereocenters. The van der Waals surface area contributed by atoms with E-state index in [-0.39, 0.29) is 6.61 Å². The third-order valence-corrected chi connectivity index (χ3v) is 10.1. The summed E-state index contributed by atoms with van der Waals surface area (Å²) in [5.41, 5.74) is 0. The highest BCUT2D eigenvalue weighted by Gasteiger charge is 2.22. The summed E-state index contributed by atoms with van der Waals surface area (Å²) in [6, 6.07) is -0.791. The molecule has 0 fully saturated rings. The number of allylic oxidation sites excluding steroid dienone is 1. The van der Waals surface area contributed by atoms with Gasteiger partial charge in [0, 0.05) is 0 Å². The molecule has 5 nitrogen and oxygen atoms in total. The number of amides is 1. The predicted octanol–water partition coefficient (Wildman–Crippen LogP) is 12.0. The Labute approximate surface area is 299 Å². The summed E-state index contributed by atoms with van der Waals surface area (Å²) in [7, 11) is 0. The maximum absolute atomic E-state index is 12.4. The number of carbonyl (C=O) groups is 1. The van der Waals surface area contributed by atoms with Crippen LogP contribution in [-0.4, -0.2) is 46.1 Å². The first-order valence-corrected chi connectivity index (χ1v) is 21.5. The minimum absolute atomic E-state index is 0.360. The van der Waals surface area contributed by atoms with Crippen molar-refractivity contribution in [2.75, 3.05) is 6.61 Å². The van der Waals surface area contributed by atoms with E-state index in [0.29, 0.717) is 6.42 Å². The molecule has 0 bridgehead atoms. The number of hydrogen-bond acceptors (Lipinski definition) is 4. The lowest BCUT2D eigenvalue weighted by molar-refractivity contribution is -0.131. The standard InChI is InChI=1S/C43H85NO4/c1-3-5-7-9-11-13-15-16-17-18-19-20-21-22-23-24-25-26-27-28-30-32-34-36-38-42(47)43(48)44-40(39-45)41(46)37-35-33-31-29-14-12-10-8-6-4-2/h35,37,40-42,45-47H,3-34,36,38-39H2,1-2H3,(H,44,48)/b37-35+. The van der Waals surface area contributed by atoms with Crippen molar-refractivity contribution in [2.24, 2.45) is 0 Å². The molecular weight excluding hydrogens is 594 g/mol. The highest BCUT2D eigenvalue weighted by atomic mass is 16.3. The lowest BCUT2D eigenvalue weighted by Gasteiger charge is -2.21. The summed E-state index contributed by atoms with van der Waals surface area (Å²) in [6.07, 6.45) is 45.4. The molecule has 3 atom stereocenters. The molecule has 0 aliphatic heterocycles. The molecule has 0 saturated heterocycles. The first kappa shape index (κ1) is 47.1. The third-order valence-electron chi connectivity index (χ3n) is 10.1. The van der Waals surface area contributed by atoms with Crippen molar-refractivity contribution in [3.05, 3.63) is 12.2 Å². The number of hydrogen-bond donors (Lipinski definition) is 4. The summed E-state index contributed by atoms with van der Waals surface area (Å²) in [5.74, 6) is -0.501. The van der Waals surface area contributed by atoms with Gasteiger partial charge in [-0.2, -0.15) is 0 Å². The molecule has 0 spiro atoms. The van der Waals surface area contributed by atoms with Crippen molar-refractivity contribution in [1.82, 2.24) is 5.32 Å². The molecule has 0 aliphatic carbocycles. The van der Waals surface area contributed by atoms with E-state index < -0.39 is 24.2 Å². The van der Waals surface area contributed by atoms with Gasteiger partial charge in [-0.15, -0.1) is 0 Å². The lowest BCUT2D eigenvalue weighted by Crippen LogP contribution is -2.48. The lowest BCUT2D eigenvalue weighted by atomic mass is 10.0. The zero-order chi connectivity index (χ0) is 35.2. The number of aliphatic hydroxyl groups excluding tert-OH is 3. The van der Waals surface area contributed by atoms with Gasteiger partial charge in [0.05, 0.1) is 18.8 Å². The topological polar surface area (TPSA) is 89.8 Å². The van der Waals surface area contributed by atoms with E-state index in [1.54, 1.807) is 6.08 Å². The Morgan fingerprint density at radius 2 is 0.812 bits per heavy atom. The third kappa shape index (κ3) is 33.6. The highest BCUT2D eigenvalue weighted by molar-refractivity contribution is 5.80. The van der Waals surface area contributed by atoms with Crippen LogP contribution in [0.2, 0.25) is 0 Å². The van der Waals surface area contributed by atoms with Gasteiger partial charge in [0.25, 0.3) is 0 Å².